The van der Waals surface area contributed by atoms with Crippen LogP contribution in [-0.2, 0) is 0 Å². The molecule has 5 N–H and O–H groups in total. The molecule has 2 unspecified atom stereocenters. The van der Waals surface area contributed by atoms with Gasteiger partial charge in [-0.3, -0.25) is 0 Å². The summed E-state index contributed by atoms with van der Waals surface area (Å²) >= 11 is 1.44. The summed E-state index contributed by atoms with van der Waals surface area (Å²) in [4.78, 5) is 3.69. The highest BCUT2D eigenvalue weighted by Crippen LogP contribution is 2.21. The number of pyridine rings is 1. The van der Waals surface area contributed by atoms with Gasteiger partial charge in [-0.15, -0.1) is 0 Å². The Balaban J connectivity index is 2.90. The molecule has 1 aromatic rings. The van der Waals surface area contributed by atoms with E-state index in [1.165, 1.54) is 11.8 Å². The number of nitrogens with one attached hydrogen (secondary N) is 2. The van der Waals surface area contributed by atoms with Crippen molar-refractivity contribution in [1.82, 2.24) is 4.98 Å². The van der Waals surface area contributed by atoms with Gasteiger partial charge in [0.05, 0.1) is 6.61 Å². The number of hydrogen-bond acceptors (Lipinski definition) is 6. The molecule has 8 heteroatoms. The molecule has 0 radical (unpaired) electrons. The normalized spacial score (nSPS) is 14.1. The van der Waals surface area contributed by atoms with Crippen LogP contribution in [0.2, 0.25) is 0 Å². The predicted molar refractivity (Wildman–Crippen MR) is 69.4 cm³/mol. The second-order valence-electron chi connectivity index (χ2n) is 3.68. The maximum Gasteiger partial charge on any atom is 0.178 e. The third-order valence-corrected chi connectivity index (χ3v) is 3.63. The van der Waals surface area contributed by atoms with Crippen molar-refractivity contribution in [2.24, 2.45) is 5.84 Å². The summed E-state index contributed by atoms with van der Waals surface area (Å²) < 4.78 is 26.6. The van der Waals surface area contributed by atoms with E-state index in [1.54, 1.807) is 6.92 Å². The first-order chi connectivity index (χ1) is 8.53. The van der Waals surface area contributed by atoms with E-state index >= 15 is 0 Å². The van der Waals surface area contributed by atoms with Gasteiger partial charge in [-0.2, -0.15) is 11.8 Å². The lowest BCUT2D eigenvalue weighted by atomic mass is 10.2. The number of aliphatic hydroxyl groups excluding tert-OH is 1. The molecule has 0 aliphatic rings. The predicted octanol–water partition coefficient (Wildman–Crippen LogP) is 1.17. The molecule has 0 fully saturated rings. The second-order valence-corrected chi connectivity index (χ2v) is 4.76. The number of nitrogens with two attached hydrogens (primary N) is 1. The van der Waals surface area contributed by atoms with E-state index in [2.05, 4.69) is 10.3 Å². The fourth-order valence-electron chi connectivity index (χ4n) is 1.41. The minimum absolute atomic E-state index is 0.0554. The van der Waals surface area contributed by atoms with E-state index < -0.39 is 11.6 Å². The number of anilines is 2. The highest BCUT2D eigenvalue weighted by molar-refractivity contribution is 7.99. The molecule has 1 heterocycles. The van der Waals surface area contributed by atoms with Gasteiger partial charge in [0, 0.05) is 17.4 Å². The summed E-state index contributed by atoms with van der Waals surface area (Å²) in [7, 11) is 0. The Hall–Kier alpha value is -1.12. The van der Waals surface area contributed by atoms with Gasteiger partial charge in [-0.1, -0.05) is 0 Å². The standard InChI is InChI=1S/C10H16F2N4OS/c1-5(8(4-17)18-2)14-9-6(11)3-7(12)10(15-9)16-13/h3,5,8,17H,4,13H2,1-2H3,(H2,14,15,16). The molecule has 102 valence electrons. The second kappa shape index (κ2) is 6.72. The summed E-state index contributed by atoms with van der Waals surface area (Å²) in [5, 5.41) is 11.8. The molecule has 0 aromatic carbocycles. The monoisotopic (exact) mass is 278 g/mol. The summed E-state index contributed by atoms with van der Waals surface area (Å²) in [6, 6.07) is 0.465. The van der Waals surface area contributed by atoms with Crippen molar-refractivity contribution in [1.29, 1.82) is 0 Å². The highest BCUT2D eigenvalue weighted by atomic mass is 32.2. The van der Waals surface area contributed by atoms with Crippen LogP contribution in [-0.4, -0.2) is 34.2 Å². The quantitative estimate of drug-likeness (QED) is 0.462. The first-order valence-electron chi connectivity index (χ1n) is 5.26. The van der Waals surface area contributed by atoms with Gasteiger partial charge in [-0.25, -0.2) is 19.6 Å². The van der Waals surface area contributed by atoms with Crippen molar-refractivity contribution >= 4 is 23.4 Å². The van der Waals surface area contributed by atoms with Gasteiger partial charge in [0.15, 0.2) is 23.3 Å². The van der Waals surface area contributed by atoms with Crippen molar-refractivity contribution < 1.29 is 13.9 Å². The van der Waals surface area contributed by atoms with Crippen LogP contribution >= 0.6 is 11.8 Å². The number of aromatic nitrogens is 1. The molecule has 0 bridgehead atoms. The van der Waals surface area contributed by atoms with Gasteiger partial charge in [0.2, 0.25) is 0 Å². The van der Waals surface area contributed by atoms with E-state index in [1.807, 2.05) is 11.7 Å². The largest absolute Gasteiger partial charge is 0.395 e. The van der Waals surface area contributed by atoms with Crippen molar-refractivity contribution in [3.63, 3.8) is 0 Å². The van der Waals surface area contributed by atoms with Crippen LogP contribution in [0.3, 0.4) is 0 Å². The molecule has 0 saturated heterocycles. The Morgan fingerprint density at radius 1 is 1.44 bits per heavy atom. The van der Waals surface area contributed by atoms with Crippen LogP contribution in [0.25, 0.3) is 0 Å². The number of aliphatic hydroxyl groups is 1. The summed E-state index contributed by atoms with van der Waals surface area (Å²) in [6.07, 6.45) is 1.83. The molecule has 2 atom stereocenters. The van der Waals surface area contributed by atoms with Crippen LogP contribution in [0.1, 0.15) is 6.92 Å². The van der Waals surface area contributed by atoms with Crippen LogP contribution in [0.4, 0.5) is 20.4 Å². The van der Waals surface area contributed by atoms with E-state index in [9.17, 15) is 8.78 Å². The third kappa shape index (κ3) is 3.44. The van der Waals surface area contributed by atoms with Crippen molar-refractivity contribution in [2.75, 3.05) is 23.6 Å². The summed E-state index contributed by atoms with van der Waals surface area (Å²) in [5.41, 5.74) is 2.05. The van der Waals surface area contributed by atoms with Gasteiger partial charge >= 0.3 is 0 Å². The van der Waals surface area contributed by atoms with Crippen molar-refractivity contribution in [3.8, 4) is 0 Å². The molecule has 0 saturated carbocycles. The van der Waals surface area contributed by atoms with E-state index in [0.29, 0.717) is 6.07 Å². The molecular weight excluding hydrogens is 262 g/mol. The molecule has 5 nitrogen and oxygen atoms in total. The summed E-state index contributed by atoms with van der Waals surface area (Å²) in [5.74, 6) is 3.05. The number of nitrogen functional groups attached to an aromatic ring is 1. The topological polar surface area (TPSA) is 83.2 Å². The highest BCUT2D eigenvalue weighted by Gasteiger charge is 2.18. The molecule has 0 aliphatic heterocycles. The molecule has 0 spiro atoms. The Morgan fingerprint density at radius 3 is 2.56 bits per heavy atom. The fourth-order valence-corrected chi connectivity index (χ4v) is 2.04. The minimum Gasteiger partial charge on any atom is -0.395 e. The SMILES string of the molecule is CSC(CO)C(C)Nc1nc(NN)c(F)cc1F. The first-order valence-corrected chi connectivity index (χ1v) is 6.55. The van der Waals surface area contributed by atoms with Gasteiger partial charge < -0.3 is 15.8 Å². The smallest absolute Gasteiger partial charge is 0.178 e. The lowest BCUT2D eigenvalue weighted by molar-refractivity contribution is 0.288. The molecule has 18 heavy (non-hydrogen) atoms. The number of nitrogens with zero attached hydrogens (tertiary/aromatic N) is 1. The molecular formula is C10H16F2N4OS. The Labute approximate surface area is 108 Å². The molecule has 1 aromatic heterocycles. The molecule has 1 rings (SSSR count). The average Bonchev–Trinajstić information content (AvgIpc) is 2.34. The zero-order valence-electron chi connectivity index (χ0n) is 10.1. The van der Waals surface area contributed by atoms with Crippen molar-refractivity contribution in [2.45, 2.75) is 18.2 Å². The van der Waals surface area contributed by atoms with Crippen molar-refractivity contribution in [3.05, 3.63) is 17.7 Å². The van der Waals surface area contributed by atoms with Gasteiger partial charge in [0.25, 0.3) is 0 Å². The maximum atomic E-state index is 13.5. The lowest BCUT2D eigenvalue weighted by Gasteiger charge is -2.22. The Morgan fingerprint density at radius 2 is 2.06 bits per heavy atom. The fraction of sp³-hybridized carbons (Fsp3) is 0.500. The number of thioether (sulfide) groups is 1. The van der Waals surface area contributed by atoms with Crippen LogP contribution in [0.15, 0.2) is 6.07 Å². The Bertz CT molecular complexity index is 404. The number of rotatable bonds is 6. The number of halogens is 2. The first kappa shape index (κ1) is 14.9. The van der Waals surface area contributed by atoms with Crippen LogP contribution in [0.5, 0.6) is 0 Å². The maximum absolute atomic E-state index is 13.5. The van der Waals surface area contributed by atoms with Gasteiger partial charge in [-0.05, 0) is 13.2 Å². The molecule has 0 amide bonds. The Kier molecular flexibility index (Phi) is 5.57. The van der Waals surface area contributed by atoms with Crippen LogP contribution < -0.4 is 16.6 Å². The average molecular weight is 278 g/mol. The summed E-state index contributed by atoms with van der Waals surface area (Å²) in [6.45, 7) is 1.72. The van der Waals surface area contributed by atoms with Crippen LogP contribution in [0, 0.1) is 11.6 Å². The lowest BCUT2D eigenvalue weighted by Crippen LogP contribution is -2.32. The zero-order valence-corrected chi connectivity index (χ0v) is 10.9. The zero-order chi connectivity index (χ0) is 13.7. The van der Waals surface area contributed by atoms with E-state index in [-0.39, 0.29) is 29.5 Å². The van der Waals surface area contributed by atoms with Gasteiger partial charge in [0.1, 0.15) is 0 Å². The number of hydrogen-bond donors (Lipinski definition) is 4. The third-order valence-electron chi connectivity index (χ3n) is 2.47. The van der Waals surface area contributed by atoms with E-state index in [0.717, 1.165) is 0 Å². The molecule has 0 aliphatic carbocycles. The van der Waals surface area contributed by atoms with E-state index in [4.69, 9.17) is 10.9 Å². The number of hydrazine groups is 1. The minimum atomic E-state index is -0.864.